The highest BCUT2D eigenvalue weighted by molar-refractivity contribution is 6.28. The predicted octanol–water partition coefficient (Wildman–Crippen LogP) is -0.170. The Morgan fingerprint density at radius 2 is 2.50 bits per heavy atom. The van der Waals surface area contributed by atoms with E-state index in [2.05, 4.69) is 4.99 Å². The van der Waals surface area contributed by atoms with Gasteiger partial charge in [-0.25, -0.2) is 4.99 Å². The van der Waals surface area contributed by atoms with Gasteiger partial charge in [0.25, 0.3) is 0 Å². The number of hydrogen-bond donors (Lipinski definition) is 1. The number of ketones is 1. The first-order chi connectivity index (χ1) is 3.79. The van der Waals surface area contributed by atoms with E-state index in [1.165, 1.54) is 6.21 Å². The lowest BCUT2D eigenvalue weighted by molar-refractivity contribution is -0.111. The van der Waals surface area contributed by atoms with Crippen molar-refractivity contribution < 1.29 is 4.79 Å². The van der Waals surface area contributed by atoms with E-state index < -0.39 is 0 Å². The second-order valence-electron chi connectivity index (χ2n) is 1.56. The van der Waals surface area contributed by atoms with Crippen molar-refractivity contribution in [2.45, 2.75) is 6.42 Å². The Labute approximate surface area is 46.9 Å². The van der Waals surface area contributed by atoms with Crippen molar-refractivity contribution >= 4 is 12.0 Å². The number of carbonyl (C=O) groups excluding carboxylic acids is 1. The van der Waals surface area contributed by atoms with Crippen LogP contribution in [0, 0.1) is 0 Å². The molecule has 0 aromatic carbocycles. The molecule has 0 spiro atoms. The van der Waals surface area contributed by atoms with E-state index in [1.807, 2.05) is 0 Å². The third-order valence-corrected chi connectivity index (χ3v) is 0.870. The van der Waals surface area contributed by atoms with Gasteiger partial charge in [-0.2, -0.15) is 0 Å². The van der Waals surface area contributed by atoms with Crippen LogP contribution in [0.1, 0.15) is 6.42 Å². The topological polar surface area (TPSA) is 55.5 Å². The van der Waals surface area contributed by atoms with Gasteiger partial charge in [-0.1, -0.05) is 0 Å². The second-order valence-corrected chi connectivity index (χ2v) is 1.56. The zero-order valence-electron chi connectivity index (χ0n) is 4.29. The third kappa shape index (κ3) is 0.932. The van der Waals surface area contributed by atoms with Crippen molar-refractivity contribution in [3.63, 3.8) is 0 Å². The number of carbonyl (C=O) groups is 1. The largest absolute Gasteiger partial charge is 0.384 e. The summed E-state index contributed by atoms with van der Waals surface area (Å²) in [7, 11) is 0. The van der Waals surface area contributed by atoms with Gasteiger partial charge in [0.1, 0.15) is 5.82 Å². The van der Waals surface area contributed by atoms with Gasteiger partial charge < -0.3 is 5.73 Å². The first kappa shape index (κ1) is 5.03. The van der Waals surface area contributed by atoms with Gasteiger partial charge in [-0.15, -0.1) is 0 Å². The van der Waals surface area contributed by atoms with Crippen LogP contribution in [0.4, 0.5) is 0 Å². The van der Waals surface area contributed by atoms with Gasteiger partial charge in [0.2, 0.25) is 0 Å². The Morgan fingerprint density at radius 3 is 2.88 bits per heavy atom. The number of rotatable bonds is 0. The van der Waals surface area contributed by atoms with Crippen LogP contribution >= 0.6 is 0 Å². The first-order valence-electron chi connectivity index (χ1n) is 2.31. The third-order valence-electron chi connectivity index (χ3n) is 0.870. The molecule has 3 nitrogen and oxygen atoms in total. The SMILES string of the molecule is NC1=CCC(=O)C=N1. The van der Waals surface area contributed by atoms with Gasteiger partial charge in [0.05, 0.1) is 6.21 Å². The molecule has 0 aromatic rings. The number of allylic oxidation sites excluding steroid dienone is 1. The maximum Gasteiger partial charge on any atom is 0.177 e. The molecule has 2 N–H and O–H groups in total. The Balaban J connectivity index is 2.71. The van der Waals surface area contributed by atoms with Crippen molar-refractivity contribution in [3.05, 3.63) is 11.9 Å². The van der Waals surface area contributed by atoms with Crippen LogP contribution in [-0.4, -0.2) is 12.0 Å². The number of aliphatic imine (C=N–C) groups is 1. The predicted molar refractivity (Wildman–Crippen MR) is 30.4 cm³/mol. The minimum atomic E-state index is 0.0131. The van der Waals surface area contributed by atoms with Gasteiger partial charge in [0, 0.05) is 6.42 Å². The fourth-order valence-corrected chi connectivity index (χ4v) is 0.457. The Morgan fingerprint density at radius 1 is 1.75 bits per heavy atom. The molecule has 0 amide bonds. The molecule has 0 aliphatic carbocycles. The summed E-state index contributed by atoms with van der Waals surface area (Å²) in [6.07, 6.45) is 3.24. The molecule has 0 saturated heterocycles. The van der Waals surface area contributed by atoms with E-state index in [9.17, 15) is 4.79 Å². The van der Waals surface area contributed by atoms with E-state index in [-0.39, 0.29) is 5.78 Å². The quantitative estimate of drug-likeness (QED) is 0.470. The molecular weight excluding hydrogens is 104 g/mol. The zero-order valence-corrected chi connectivity index (χ0v) is 4.29. The van der Waals surface area contributed by atoms with E-state index in [4.69, 9.17) is 5.73 Å². The molecule has 0 aromatic heterocycles. The smallest absolute Gasteiger partial charge is 0.177 e. The minimum absolute atomic E-state index is 0.0131. The molecule has 8 heavy (non-hydrogen) atoms. The Hall–Kier alpha value is -1.12. The second kappa shape index (κ2) is 1.78. The lowest BCUT2D eigenvalue weighted by atomic mass is 10.2. The lowest BCUT2D eigenvalue weighted by Crippen LogP contribution is -2.06. The minimum Gasteiger partial charge on any atom is -0.384 e. The van der Waals surface area contributed by atoms with Gasteiger partial charge in [0.15, 0.2) is 5.78 Å². The molecule has 1 rings (SSSR count). The number of nitrogens with zero attached hydrogens (tertiary/aromatic N) is 1. The van der Waals surface area contributed by atoms with Gasteiger partial charge in [-0.3, -0.25) is 4.79 Å². The number of Topliss-reactive ketones (excluding diaryl/α,β-unsaturated/α-hetero) is 1. The van der Waals surface area contributed by atoms with Crippen molar-refractivity contribution in [3.8, 4) is 0 Å². The molecule has 0 saturated carbocycles. The van der Waals surface area contributed by atoms with Crippen LogP contribution in [0.2, 0.25) is 0 Å². The molecule has 0 fully saturated rings. The van der Waals surface area contributed by atoms with E-state index >= 15 is 0 Å². The molecule has 0 atom stereocenters. The zero-order chi connectivity index (χ0) is 5.98. The average molecular weight is 110 g/mol. The molecule has 0 unspecified atom stereocenters. The number of nitrogens with two attached hydrogens (primary N) is 1. The highest BCUT2D eigenvalue weighted by Crippen LogP contribution is 1.95. The molecule has 0 radical (unpaired) electrons. The summed E-state index contributed by atoms with van der Waals surface area (Å²) in [5.41, 5.74) is 5.21. The Bertz CT molecular complexity index is 167. The molecule has 1 aliphatic heterocycles. The molecule has 1 heterocycles. The molecular formula is C5H6N2O. The summed E-state index contributed by atoms with van der Waals surface area (Å²) in [5.74, 6) is 0.448. The fourth-order valence-electron chi connectivity index (χ4n) is 0.457. The van der Waals surface area contributed by atoms with Crippen LogP contribution in [0.25, 0.3) is 0 Å². The summed E-state index contributed by atoms with van der Waals surface area (Å²) < 4.78 is 0. The van der Waals surface area contributed by atoms with E-state index in [0.717, 1.165) is 0 Å². The summed E-state index contributed by atoms with van der Waals surface area (Å²) in [6.45, 7) is 0. The van der Waals surface area contributed by atoms with E-state index in [0.29, 0.717) is 12.2 Å². The number of hydrogen-bond acceptors (Lipinski definition) is 3. The van der Waals surface area contributed by atoms with Crippen LogP contribution in [0.3, 0.4) is 0 Å². The fraction of sp³-hybridized carbons (Fsp3) is 0.200. The summed E-state index contributed by atoms with van der Waals surface area (Å²) in [6, 6.07) is 0. The van der Waals surface area contributed by atoms with Crippen molar-refractivity contribution in [2.24, 2.45) is 10.7 Å². The Kier molecular flexibility index (Phi) is 1.12. The first-order valence-corrected chi connectivity index (χ1v) is 2.31. The maximum absolute atomic E-state index is 10.4. The highest BCUT2D eigenvalue weighted by Gasteiger charge is 1.99. The van der Waals surface area contributed by atoms with Crippen molar-refractivity contribution in [1.82, 2.24) is 0 Å². The summed E-state index contributed by atoms with van der Waals surface area (Å²) in [4.78, 5) is 13.9. The molecule has 42 valence electrons. The molecule has 0 bridgehead atoms. The van der Waals surface area contributed by atoms with Crippen molar-refractivity contribution in [1.29, 1.82) is 0 Å². The lowest BCUT2D eigenvalue weighted by Gasteiger charge is -1.96. The van der Waals surface area contributed by atoms with Gasteiger partial charge >= 0.3 is 0 Å². The average Bonchev–Trinajstić information content (AvgIpc) is 1.77. The van der Waals surface area contributed by atoms with Crippen LogP contribution in [-0.2, 0) is 4.79 Å². The van der Waals surface area contributed by atoms with Crippen molar-refractivity contribution in [2.75, 3.05) is 0 Å². The molecule has 3 heteroatoms. The van der Waals surface area contributed by atoms with Crippen LogP contribution in [0.15, 0.2) is 16.9 Å². The summed E-state index contributed by atoms with van der Waals surface area (Å²) >= 11 is 0. The molecule has 1 aliphatic rings. The van der Waals surface area contributed by atoms with E-state index in [1.54, 1.807) is 6.08 Å². The summed E-state index contributed by atoms with van der Waals surface area (Å²) in [5, 5.41) is 0. The normalized spacial score (nSPS) is 18.5. The maximum atomic E-state index is 10.4. The van der Waals surface area contributed by atoms with Gasteiger partial charge in [-0.05, 0) is 6.08 Å². The van der Waals surface area contributed by atoms with Crippen LogP contribution in [0.5, 0.6) is 0 Å². The highest BCUT2D eigenvalue weighted by atomic mass is 16.1. The standard InChI is InChI=1S/C5H6N2O/c6-5-2-1-4(8)3-7-5/h2-3H,1,6H2. The monoisotopic (exact) mass is 110 g/mol. The van der Waals surface area contributed by atoms with Crippen LogP contribution < -0.4 is 5.73 Å².